The lowest BCUT2D eigenvalue weighted by molar-refractivity contribution is -0.137. The molecule has 1 amide bonds. The summed E-state index contributed by atoms with van der Waals surface area (Å²) in [5.41, 5.74) is 2.22. The first kappa shape index (κ1) is 18.1. The molecule has 2 bridgehead atoms. The minimum atomic E-state index is -0.209. The van der Waals surface area contributed by atoms with E-state index in [4.69, 9.17) is 0 Å². The van der Waals surface area contributed by atoms with Crippen LogP contribution in [0.4, 0.5) is 4.39 Å². The van der Waals surface area contributed by atoms with Crippen LogP contribution >= 0.6 is 0 Å². The van der Waals surface area contributed by atoms with E-state index in [1.165, 1.54) is 12.1 Å². The van der Waals surface area contributed by atoms with Crippen LogP contribution in [-0.2, 0) is 17.8 Å². The lowest BCUT2D eigenvalue weighted by Gasteiger charge is -2.29. The number of piperidine rings is 1. The molecule has 142 valence electrons. The third-order valence-corrected chi connectivity index (χ3v) is 5.89. The Kier molecular flexibility index (Phi) is 5.48. The quantitative estimate of drug-likeness (QED) is 0.754. The van der Waals surface area contributed by atoms with Crippen LogP contribution in [0.3, 0.4) is 0 Å². The number of carbonyl (C=O) groups excluding carboxylic acids is 1. The molecule has 1 aromatic heterocycles. The molecule has 27 heavy (non-hydrogen) atoms. The van der Waals surface area contributed by atoms with Crippen LogP contribution in [-0.4, -0.2) is 46.9 Å². The van der Waals surface area contributed by atoms with Crippen LogP contribution in [0.5, 0.6) is 0 Å². The smallest absolute Gasteiger partial charge is 0.227 e. The molecule has 5 heteroatoms. The Labute approximate surface area is 160 Å². The molecule has 2 aliphatic rings. The van der Waals surface area contributed by atoms with Crippen molar-refractivity contribution < 1.29 is 9.18 Å². The van der Waals surface area contributed by atoms with E-state index in [2.05, 4.69) is 9.88 Å². The maximum atomic E-state index is 13.3. The van der Waals surface area contributed by atoms with Gasteiger partial charge < -0.3 is 9.80 Å². The SMILES string of the molecule is O=C(C1CN2CCC1C2)N(CCCc1ccc(F)cc1)Cc1ccncc1. The monoisotopic (exact) mass is 367 g/mol. The van der Waals surface area contributed by atoms with Crippen LogP contribution in [0.1, 0.15) is 24.0 Å². The van der Waals surface area contributed by atoms with E-state index in [-0.39, 0.29) is 17.6 Å². The number of aryl methyl sites for hydroxylation is 1. The van der Waals surface area contributed by atoms with E-state index in [1.54, 1.807) is 12.4 Å². The van der Waals surface area contributed by atoms with Crippen LogP contribution in [0.2, 0.25) is 0 Å². The van der Waals surface area contributed by atoms with Crippen molar-refractivity contribution in [1.29, 1.82) is 0 Å². The normalized spacial score (nSPS) is 23.5. The van der Waals surface area contributed by atoms with Gasteiger partial charge in [0, 0.05) is 38.6 Å². The Bertz CT molecular complexity index is 765. The molecule has 0 radical (unpaired) electrons. The summed E-state index contributed by atoms with van der Waals surface area (Å²) in [7, 11) is 0. The average molecular weight is 367 g/mol. The van der Waals surface area contributed by atoms with Crippen molar-refractivity contribution in [3.05, 3.63) is 65.7 Å². The number of hydrogen-bond acceptors (Lipinski definition) is 3. The van der Waals surface area contributed by atoms with Crippen molar-refractivity contribution >= 4 is 5.91 Å². The van der Waals surface area contributed by atoms with Gasteiger partial charge in [0.15, 0.2) is 0 Å². The molecule has 2 aromatic rings. The lowest BCUT2D eigenvalue weighted by atomic mass is 9.91. The first-order valence-corrected chi connectivity index (χ1v) is 9.83. The van der Waals surface area contributed by atoms with Gasteiger partial charge in [0.1, 0.15) is 5.82 Å². The van der Waals surface area contributed by atoms with Crippen LogP contribution in [0.15, 0.2) is 48.8 Å². The van der Waals surface area contributed by atoms with Gasteiger partial charge >= 0.3 is 0 Å². The van der Waals surface area contributed by atoms with Crippen LogP contribution in [0, 0.1) is 17.7 Å². The molecule has 0 spiro atoms. The van der Waals surface area contributed by atoms with Gasteiger partial charge in [-0.3, -0.25) is 9.78 Å². The molecule has 1 aromatic carbocycles. The van der Waals surface area contributed by atoms with E-state index in [1.807, 2.05) is 29.2 Å². The summed E-state index contributed by atoms with van der Waals surface area (Å²) < 4.78 is 13.1. The Hall–Kier alpha value is -2.27. The van der Waals surface area contributed by atoms with Crippen molar-refractivity contribution in [1.82, 2.24) is 14.8 Å². The van der Waals surface area contributed by atoms with E-state index < -0.39 is 0 Å². The maximum Gasteiger partial charge on any atom is 0.227 e. The summed E-state index contributed by atoms with van der Waals surface area (Å²) in [4.78, 5) is 21.8. The predicted octanol–water partition coefficient (Wildman–Crippen LogP) is 3.13. The van der Waals surface area contributed by atoms with Gasteiger partial charge in [0.2, 0.25) is 5.91 Å². The van der Waals surface area contributed by atoms with Gasteiger partial charge in [-0.2, -0.15) is 0 Å². The van der Waals surface area contributed by atoms with Gasteiger partial charge in [0.25, 0.3) is 0 Å². The van der Waals surface area contributed by atoms with Crippen molar-refractivity contribution in [2.24, 2.45) is 11.8 Å². The summed E-state index contributed by atoms with van der Waals surface area (Å²) in [6, 6.07) is 10.6. The Morgan fingerprint density at radius 3 is 2.56 bits per heavy atom. The summed E-state index contributed by atoms with van der Waals surface area (Å²) in [5.74, 6) is 0.749. The number of pyridine rings is 1. The predicted molar refractivity (Wildman–Crippen MR) is 102 cm³/mol. The molecule has 3 heterocycles. The van der Waals surface area contributed by atoms with E-state index in [9.17, 15) is 9.18 Å². The number of carbonyl (C=O) groups is 1. The van der Waals surface area contributed by atoms with E-state index in [0.29, 0.717) is 12.5 Å². The average Bonchev–Trinajstić information content (AvgIpc) is 3.32. The number of hydrogen-bond donors (Lipinski definition) is 0. The fraction of sp³-hybridized carbons (Fsp3) is 0.455. The summed E-state index contributed by atoms with van der Waals surface area (Å²) in [6.45, 7) is 4.49. The Balaban J connectivity index is 1.40. The molecule has 0 N–H and O–H groups in total. The highest BCUT2D eigenvalue weighted by molar-refractivity contribution is 5.80. The highest BCUT2D eigenvalue weighted by atomic mass is 19.1. The molecule has 0 aliphatic carbocycles. The number of aromatic nitrogens is 1. The van der Waals surface area contributed by atoms with Crippen molar-refractivity contribution in [3.8, 4) is 0 Å². The zero-order valence-corrected chi connectivity index (χ0v) is 15.6. The second-order valence-electron chi connectivity index (χ2n) is 7.76. The zero-order chi connectivity index (χ0) is 18.6. The zero-order valence-electron chi connectivity index (χ0n) is 15.6. The molecule has 0 saturated carbocycles. The largest absolute Gasteiger partial charge is 0.338 e. The number of amides is 1. The summed E-state index contributed by atoms with van der Waals surface area (Å²) >= 11 is 0. The molecule has 4 nitrogen and oxygen atoms in total. The Morgan fingerprint density at radius 1 is 1.11 bits per heavy atom. The number of fused-ring (bicyclic) bond motifs is 2. The Morgan fingerprint density at radius 2 is 1.89 bits per heavy atom. The van der Waals surface area contributed by atoms with Gasteiger partial charge in [-0.05, 0) is 67.1 Å². The first-order valence-electron chi connectivity index (χ1n) is 9.83. The van der Waals surface area contributed by atoms with Crippen LogP contribution < -0.4 is 0 Å². The molecular weight excluding hydrogens is 341 g/mol. The van der Waals surface area contributed by atoms with Crippen molar-refractivity contribution in [3.63, 3.8) is 0 Å². The summed E-state index contributed by atoms with van der Waals surface area (Å²) in [6.07, 6.45) is 6.43. The fourth-order valence-corrected chi connectivity index (χ4v) is 4.40. The van der Waals surface area contributed by atoms with E-state index in [0.717, 1.165) is 56.6 Å². The first-order chi connectivity index (χ1) is 13.2. The number of rotatable bonds is 7. The second-order valence-corrected chi connectivity index (χ2v) is 7.76. The van der Waals surface area contributed by atoms with Crippen molar-refractivity contribution in [2.75, 3.05) is 26.2 Å². The van der Waals surface area contributed by atoms with E-state index >= 15 is 0 Å². The molecule has 4 rings (SSSR count). The molecule has 2 aliphatic heterocycles. The van der Waals surface area contributed by atoms with Gasteiger partial charge in [-0.1, -0.05) is 12.1 Å². The fourth-order valence-electron chi connectivity index (χ4n) is 4.40. The number of halogens is 1. The van der Waals surface area contributed by atoms with Crippen molar-refractivity contribution in [2.45, 2.75) is 25.8 Å². The highest BCUT2D eigenvalue weighted by Gasteiger charge is 2.43. The minimum Gasteiger partial charge on any atom is -0.338 e. The standard InChI is InChI=1S/C22H26FN3O/c23-20-5-3-17(4-6-20)2-1-12-26(14-18-7-10-24-11-8-18)22(27)21-16-25-13-9-19(21)15-25/h3-8,10-11,19,21H,1-2,9,12-16H2. The number of nitrogens with zero attached hydrogens (tertiary/aromatic N) is 3. The van der Waals surface area contributed by atoms with Crippen LogP contribution in [0.25, 0.3) is 0 Å². The van der Waals surface area contributed by atoms with Gasteiger partial charge in [-0.25, -0.2) is 4.39 Å². The number of benzene rings is 1. The third-order valence-electron chi connectivity index (χ3n) is 5.89. The molecule has 3 atom stereocenters. The molecule has 2 fully saturated rings. The molecule has 3 unspecified atom stereocenters. The van der Waals surface area contributed by atoms with Gasteiger partial charge in [-0.15, -0.1) is 0 Å². The minimum absolute atomic E-state index is 0.145. The topological polar surface area (TPSA) is 36.4 Å². The lowest BCUT2D eigenvalue weighted by Crippen LogP contribution is -2.41. The second kappa shape index (κ2) is 8.17. The maximum absolute atomic E-state index is 13.3. The molecule has 2 saturated heterocycles. The summed E-state index contributed by atoms with van der Waals surface area (Å²) in [5, 5.41) is 0. The third kappa shape index (κ3) is 4.35. The molecular formula is C22H26FN3O. The highest BCUT2D eigenvalue weighted by Crippen LogP contribution is 2.34. The van der Waals surface area contributed by atoms with Gasteiger partial charge in [0.05, 0.1) is 5.92 Å².